The van der Waals surface area contributed by atoms with Gasteiger partial charge in [0.2, 0.25) is 10.0 Å². The molecule has 4 nitrogen and oxygen atoms in total. The molecule has 0 spiro atoms. The molecule has 0 atom stereocenters. The molecule has 0 unspecified atom stereocenters. The van der Waals surface area contributed by atoms with Crippen LogP contribution in [0.4, 0.5) is 5.69 Å². The molecule has 0 saturated heterocycles. The highest BCUT2D eigenvalue weighted by atomic mass is 32.2. The van der Waals surface area contributed by atoms with Crippen LogP contribution >= 0.6 is 0 Å². The number of benzene rings is 1. The maximum absolute atomic E-state index is 11.6. The molecule has 1 N–H and O–H groups in total. The lowest BCUT2D eigenvalue weighted by Crippen LogP contribution is -2.30. The number of aryl methyl sites for hydroxylation is 1. The summed E-state index contributed by atoms with van der Waals surface area (Å²) >= 11 is 0. The van der Waals surface area contributed by atoms with Gasteiger partial charge in [-0.15, -0.1) is 0 Å². The molecule has 0 bridgehead atoms. The van der Waals surface area contributed by atoms with Gasteiger partial charge >= 0.3 is 0 Å². The van der Waals surface area contributed by atoms with Gasteiger partial charge in [-0.2, -0.15) is 0 Å². The summed E-state index contributed by atoms with van der Waals surface area (Å²) in [5.41, 5.74) is 1.53. The molecule has 84 valence electrons. The van der Waals surface area contributed by atoms with Gasteiger partial charge in [0.15, 0.2) is 0 Å². The molecule has 0 aliphatic heterocycles. The molecule has 0 heterocycles. The van der Waals surface area contributed by atoms with Crippen LogP contribution in [0, 0.1) is 6.92 Å². The molecule has 1 aromatic carbocycles. The van der Waals surface area contributed by atoms with E-state index >= 15 is 0 Å². The van der Waals surface area contributed by atoms with Gasteiger partial charge in [-0.1, -0.05) is 18.2 Å². The Morgan fingerprint density at radius 1 is 1.33 bits per heavy atom. The van der Waals surface area contributed by atoms with Crippen LogP contribution in [0.15, 0.2) is 24.3 Å². The quantitative estimate of drug-likeness (QED) is 0.829. The molecule has 15 heavy (non-hydrogen) atoms. The largest absolute Gasteiger partial charge is 0.395 e. The molecule has 0 aliphatic rings. The van der Waals surface area contributed by atoms with Crippen LogP contribution < -0.4 is 4.31 Å². The Labute approximate surface area is 90.2 Å². The second-order valence-corrected chi connectivity index (χ2v) is 5.41. The molecule has 1 aromatic rings. The standard InChI is InChI=1S/C10H15NO3S/c1-9-5-3-4-6-10(9)11(2)15(13,14)8-7-12/h3-6,12H,7-8H2,1-2H3. The average Bonchev–Trinajstić information content (AvgIpc) is 2.17. The van der Waals surface area contributed by atoms with E-state index in [0.29, 0.717) is 5.69 Å². The predicted octanol–water partition coefficient (Wildman–Crippen LogP) is 0.753. The van der Waals surface area contributed by atoms with Gasteiger partial charge in [-0.3, -0.25) is 4.31 Å². The first kappa shape index (κ1) is 12.0. The van der Waals surface area contributed by atoms with Crippen molar-refractivity contribution in [3.63, 3.8) is 0 Å². The summed E-state index contributed by atoms with van der Waals surface area (Å²) in [6.07, 6.45) is 0. The van der Waals surface area contributed by atoms with Crippen molar-refractivity contribution < 1.29 is 13.5 Å². The van der Waals surface area contributed by atoms with Gasteiger partial charge < -0.3 is 5.11 Å². The lowest BCUT2D eigenvalue weighted by molar-refractivity contribution is 0.319. The minimum absolute atomic E-state index is 0.252. The summed E-state index contributed by atoms with van der Waals surface area (Å²) in [6, 6.07) is 7.23. The number of rotatable bonds is 4. The normalized spacial score (nSPS) is 11.4. The molecule has 0 saturated carbocycles. The van der Waals surface area contributed by atoms with E-state index in [4.69, 9.17) is 5.11 Å². The fourth-order valence-electron chi connectivity index (χ4n) is 1.32. The van der Waals surface area contributed by atoms with E-state index < -0.39 is 10.0 Å². The molecule has 0 fully saturated rings. The third kappa shape index (κ3) is 2.70. The highest BCUT2D eigenvalue weighted by Gasteiger charge is 2.18. The van der Waals surface area contributed by atoms with Crippen molar-refractivity contribution in [1.82, 2.24) is 0 Å². The summed E-state index contributed by atoms with van der Waals surface area (Å²) in [6.45, 7) is 1.48. The van der Waals surface area contributed by atoms with E-state index in [0.717, 1.165) is 5.56 Å². The number of hydrogen-bond donors (Lipinski definition) is 1. The van der Waals surface area contributed by atoms with Crippen molar-refractivity contribution in [2.45, 2.75) is 6.92 Å². The van der Waals surface area contributed by atoms with Crippen molar-refractivity contribution in [3.05, 3.63) is 29.8 Å². The van der Waals surface area contributed by atoms with Gasteiger partial charge in [0, 0.05) is 7.05 Å². The fraction of sp³-hybridized carbons (Fsp3) is 0.400. The highest BCUT2D eigenvalue weighted by Crippen LogP contribution is 2.20. The Kier molecular flexibility index (Phi) is 3.71. The second-order valence-electron chi connectivity index (χ2n) is 3.29. The SMILES string of the molecule is Cc1ccccc1N(C)S(=O)(=O)CCO. The first-order valence-electron chi connectivity index (χ1n) is 4.62. The predicted molar refractivity (Wildman–Crippen MR) is 60.5 cm³/mol. The zero-order valence-electron chi connectivity index (χ0n) is 8.84. The highest BCUT2D eigenvalue weighted by molar-refractivity contribution is 7.92. The van der Waals surface area contributed by atoms with Crippen molar-refractivity contribution in [2.24, 2.45) is 0 Å². The Morgan fingerprint density at radius 2 is 1.93 bits per heavy atom. The van der Waals surface area contributed by atoms with Crippen LogP contribution in [0.5, 0.6) is 0 Å². The average molecular weight is 229 g/mol. The Morgan fingerprint density at radius 3 is 2.47 bits per heavy atom. The van der Waals surface area contributed by atoms with Gasteiger partial charge in [0.25, 0.3) is 0 Å². The van der Waals surface area contributed by atoms with E-state index in [9.17, 15) is 8.42 Å². The summed E-state index contributed by atoms with van der Waals surface area (Å²) in [5, 5.41) is 8.66. The van der Waals surface area contributed by atoms with Gasteiger partial charge in [-0.25, -0.2) is 8.42 Å². The topological polar surface area (TPSA) is 57.6 Å². The van der Waals surface area contributed by atoms with Crippen molar-refractivity contribution in [3.8, 4) is 0 Å². The van der Waals surface area contributed by atoms with E-state index in [1.165, 1.54) is 11.4 Å². The zero-order chi connectivity index (χ0) is 11.5. The van der Waals surface area contributed by atoms with Crippen LogP contribution in [0.1, 0.15) is 5.56 Å². The number of anilines is 1. The molecular weight excluding hydrogens is 214 g/mol. The second kappa shape index (κ2) is 4.63. The molecule has 0 aliphatic carbocycles. The van der Waals surface area contributed by atoms with Crippen LogP contribution in [-0.2, 0) is 10.0 Å². The van der Waals surface area contributed by atoms with Crippen LogP contribution in [-0.4, -0.2) is 32.9 Å². The lowest BCUT2D eigenvalue weighted by atomic mass is 10.2. The van der Waals surface area contributed by atoms with E-state index in [2.05, 4.69) is 0 Å². The Hall–Kier alpha value is -1.07. The van der Waals surface area contributed by atoms with Crippen molar-refractivity contribution in [2.75, 3.05) is 23.7 Å². The first-order chi connectivity index (χ1) is 6.99. The summed E-state index contributed by atoms with van der Waals surface area (Å²) in [7, 11) is -1.91. The fourth-order valence-corrected chi connectivity index (χ4v) is 2.33. The van der Waals surface area contributed by atoms with Gasteiger partial charge in [0.1, 0.15) is 0 Å². The van der Waals surface area contributed by atoms with Crippen LogP contribution in [0.3, 0.4) is 0 Å². The molecular formula is C10H15NO3S. The first-order valence-corrected chi connectivity index (χ1v) is 6.23. The number of aliphatic hydroxyl groups excluding tert-OH is 1. The number of nitrogens with zero attached hydrogens (tertiary/aromatic N) is 1. The molecule has 0 amide bonds. The summed E-state index contributed by atoms with van der Waals surface area (Å²) in [5.74, 6) is -0.252. The Bertz CT molecular complexity index is 428. The smallest absolute Gasteiger partial charge is 0.237 e. The number of sulfonamides is 1. The maximum atomic E-state index is 11.6. The molecule has 1 rings (SSSR count). The van der Waals surface area contributed by atoms with E-state index in [-0.39, 0.29) is 12.4 Å². The van der Waals surface area contributed by atoms with Gasteiger partial charge in [-0.05, 0) is 18.6 Å². The minimum Gasteiger partial charge on any atom is -0.395 e. The molecule has 0 aromatic heterocycles. The number of aliphatic hydroxyl groups is 1. The lowest BCUT2D eigenvalue weighted by Gasteiger charge is -2.20. The van der Waals surface area contributed by atoms with E-state index in [1.807, 2.05) is 19.1 Å². The minimum atomic E-state index is -3.40. The summed E-state index contributed by atoms with van der Waals surface area (Å²) < 4.78 is 24.5. The molecule has 0 radical (unpaired) electrons. The summed E-state index contributed by atoms with van der Waals surface area (Å²) in [4.78, 5) is 0. The van der Waals surface area contributed by atoms with E-state index in [1.54, 1.807) is 12.1 Å². The van der Waals surface area contributed by atoms with Crippen molar-refractivity contribution >= 4 is 15.7 Å². The van der Waals surface area contributed by atoms with Crippen molar-refractivity contribution in [1.29, 1.82) is 0 Å². The van der Waals surface area contributed by atoms with Crippen LogP contribution in [0.2, 0.25) is 0 Å². The monoisotopic (exact) mass is 229 g/mol. The third-order valence-electron chi connectivity index (χ3n) is 2.22. The Balaban J connectivity index is 3.05. The number of hydrogen-bond acceptors (Lipinski definition) is 3. The van der Waals surface area contributed by atoms with Gasteiger partial charge in [0.05, 0.1) is 18.0 Å². The van der Waals surface area contributed by atoms with Crippen LogP contribution in [0.25, 0.3) is 0 Å². The maximum Gasteiger partial charge on any atom is 0.237 e. The zero-order valence-corrected chi connectivity index (χ0v) is 9.66. The third-order valence-corrected chi connectivity index (χ3v) is 3.95. The number of para-hydroxylation sites is 1. The molecule has 5 heteroatoms.